The van der Waals surface area contributed by atoms with Crippen LogP contribution in [0.4, 0.5) is 22.0 Å². The van der Waals surface area contributed by atoms with Crippen molar-refractivity contribution in [2.45, 2.75) is 0 Å². The minimum Gasteiger partial charge on any atom is -0.907 e. The van der Waals surface area contributed by atoms with E-state index in [9.17, 15) is 22.0 Å². The quantitative estimate of drug-likeness (QED) is 0.251. The molecule has 0 amide bonds. The zero-order valence-electron chi connectivity index (χ0n) is 7.35. The van der Waals surface area contributed by atoms with E-state index in [1.54, 1.807) is 0 Å². The summed E-state index contributed by atoms with van der Waals surface area (Å²) in [5.41, 5.74) is 0. The summed E-state index contributed by atoms with van der Waals surface area (Å²) in [5, 5.41) is 25.2. The molecule has 0 radical (unpaired) electrons. The third kappa shape index (κ3) is 5.85. The first-order chi connectivity index (χ1) is 6.77. The Balaban J connectivity index is 0. The first-order valence-corrected chi connectivity index (χ1v) is 3.23. The fourth-order valence-corrected chi connectivity index (χ4v) is 0.544. The Labute approximate surface area is 112 Å². The predicted molar refractivity (Wildman–Crippen MR) is 32.0 cm³/mol. The minimum atomic E-state index is -2.92. The second kappa shape index (κ2) is 8.08. The summed E-state index contributed by atoms with van der Waals surface area (Å²) in [6.07, 6.45) is 0. The summed E-state index contributed by atoms with van der Waals surface area (Å²) in [6, 6.07) is -0.0618. The summed E-state index contributed by atoms with van der Waals surface area (Å²) < 4.78 is 60.0. The zero-order valence-corrected chi connectivity index (χ0v) is 10.2. The molecule has 0 heterocycles. The maximum Gasteiger partial charge on any atom is 3.00 e. The number of rotatable bonds is 0. The molecule has 0 aliphatic heterocycles. The molecule has 10 heteroatoms. The van der Waals surface area contributed by atoms with Crippen LogP contribution in [0.2, 0.25) is 0 Å². The molecule has 1 aromatic carbocycles. The molecule has 0 N–H and O–H groups in total. The van der Waals surface area contributed by atoms with Crippen molar-refractivity contribution in [2.75, 3.05) is 0 Å². The van der Waals surface area contributed by atoms with Gasteiger partial charge in [0.15, 0.2) is 23.3 Å². The van der Waals surface area contributed by atoms with Gasteiger partial charge in [0.1, 0.15) is 0 Å². The van der Waals surface area contributed by atoms with Gasteiger partial charge >= 0.3 is 32.7 Å². The van der Waals surface area contributed by atoms with Gasteiger partial charge in [-0.3, -0.25) is 7.32 Å². The molecule has 0 saturated carbocycles. The molecule has 0 aromatic heterocycles. The first-order valence-electron chi connectivity index (χ1n) is 3.23. The van der Waals surface area contributed by atoms with Crippen LogP contribution >= 0.6 is 0 Å². The van der Waals surface area contributed by atoms with Crippen molar-refractivity contribution in [2.24, 2.45) is 0 Å². The normalized spacial score (nSPS) is 8.75. The Kier molecular flexibility index (Phi) is 9.23. The number of halogens is 5. The SMILES string of the molecule is Fc1cc(F)c(F)c(F)c1F.[O-]B([O-])[O-].[Y+3]. The van der Waals surface area contributed by atoms with Crippen LogP contribution in [-0.2, 0) is 32.7 Å². The van der Waals surface area contributed by atoms with Crippen LogP contribution in [0, 0.1) is 29.1 Å². The summed E-state index contributed by atoms with van der Waals surface area (Å²) in [4.78, 5) is 0. The second-order valence-electron chi connectivity index (χ2n) is 2.07. The van der Waals surface area contributed by atoms with E-state index in [1.165, 1.54) is 0 Å². The van der Waals surface area contributed by atoms with Gasteiger partial charge in [0.05, 0.1) is 0 Å². The first kappa shape index (κ1) is 18.3. The van der Waals surface area contributed by atoms with Gasteiger partial charge in [-0.25, -0.2) is 22.0 Å². The van der Waals surface area contributed by atoms with Crippen molar-refractivity contribution >= 4 is 7.32 Å². The van der Waals surface area contributed by atoms with E-state index in [0.717, 1.165) is 0 Å². The third-order valence-electron chi connectivity index (χ3n) is 1.06. The Hall–Kier alpha value is -0.0812. The van der Waals surface area contributed by atoms with Crippen molar-refractivity contribution in [3.8, 4) is 0 Å². The number of benzene rings is 1. The van der Waals surface area contributed by atoms with Gasteiger partial charge in [-0.2, -0.15) is 0 Å². The smallest absolute Gasteiger partial charge is 0.907 e. The Morgan fingerprint density at radius 1 is 0.750 bits per heavy atom. The molecule has 0 spiro atoms. The van der Waals surface area contributed by atoms with E-state index >= 15 is 0 Å². The topological polar surface area (TPSA) is 69.2 Å². The largest absolute Gasteiger partial charge is 3.00 e. The Morgan fingerprint density at radius 3 is 1.25 bits per heavy atom. The molecular formula is C6HBF5O3Y. The Bertz CT molecular complexity index is 322. The van der Waals surface area contributed by atoms with E-state index in [1.807, 2.05) is 0 Å². The van der Waals surface area contributed by atoms with Crippen molar-refractivity contribution in [3.05, 3.63) is 35.2 Å². The van der Waals surface area contributed by atoms with Gasteiger partial charge in [0.25, 0.3) is 0 Å². The second-order valence-corrected chi connectivity index (χ2v) is 2.07. The molecule has 1 aromatic rings. The van der Waals surface area contributed by atoms with Gasteiger partial charge in [-0.05, 0) is 0 Å². The maximum atomic E-state index is 12.0. The van der Waals surface area contributed by atoms with Crippen molar-refractivity contribution in [3.63, 3.8) is 0 Å². The van der Waals surface area contributed by atoms with Crippen LogP contribution in [0.15, 0.2) is 6.07 Å². The molecule has 0 aliphatic rings. The van der Waals surface area contributed by atoms with Gasteiger partial charge in [0.2, 0.25) is 5.82 Å². The number of hydrogen-bond acceptors (Lipinski definition) is 3. The van der Waals surface area contributed by atoms with E-state index in [4.69, 9.17) is 15.1 Å². The minimum absolute atomic E-state index is 0. The van der Waals surface area contributed by atoms with Crippen LogP contribution in [-0.4, -0.2) is 7.32 Å². The van der Waals surface area contributed by atoms with Crippen LogP contribution < -0.4 is 15.1 Å². The number of hydrogen-bond donors (Lipinski definition) is 0. The molecule has 3 nitrogen and oxygen atoms in total. The molecule has 84 valence electrons. The van der Waals surface area contributed by atoms with E-state index < -0.39 is 36.4 Å². The average Bonchev–Trinajstić information content (AvgIpc) is 2.11. The van der Waals surface area contributed by atoms with Gasteiger partial charge < -0.3 is 15.1 Å². The van der Waals surface area contributed by atoms with Crippen molar-refractivity contribution in [1.29, 1.82) is 0 Å². The molecule has 0 aliphatic carbocycles. The van der Waals surface area contributed by atoms with Gasteiger partial charge in [0, 0.05) is 6.07 Å². The van der Waals surface area contributed by atoms with Crippen LogP contribution in [0.1, 0.15) is 0 Å². The van der Waals surface area contributed by atoms with Crippen molar-refractivity contribution in [1.82, 2.24) is 0 Å². The molecule has 16 heavy (non-hydrogen) atoms. The molecule has 0 atom stereocenters. The summed E-state index contributed by atoms with van der Waals surface area (Å²) in [7, 11) is -2.92. The third-order valence-corrected chi connectivity index (χ3v) is 1.06. The molecule has 0 bridgehead atoms. The standard InChI is InChI=1S/C6HF5.BO3.Y/c7-2-1-3(8)5(10)6(11)4(2)9;2-1(3)4;/h1H;;/q;-3;+3. The fourth-order valence-electron chi connectivity index (χ4n) is 0.544. The molecule has 1 rings (SSSR count). The van der Waals surface area contributed by atoms with Gasteiger partial charge in [-0.1, -0.05) is 0 Å². The van der Waals surface area contributed by atoms with Crippen LogP contribution in [0.5, 0.6) is 0 Å². The van der Waals surface area contributed by atoms with Crippen LogP contribution in [0.3, 0.4) is 0 Å². The molecule has 0 unspecified atom stereocenters. The molecule has 0 saturated heterocycles. The monoisotopic (exact) mass is 316 g/mol. The summed E-state index contributed by atoms with van der Waals surface area (Å²) in [5.74, 6) is -9.65. The van der Waals surface area contributed by atoms with Gasteiger partial charge in [-0.15, -0.1) is 0 Å². The average molecular weight is 316 g/mol. The van der Waals surface area contributed by atoms with E-state index in [2.05, 4.69) is 0 Å². The Morgan fingerprint density at radius 2 is 1.00 bits per heavy atom. The fraction of sp³-hybridized carbons (Fsp3) is 0. The molecule has 0 fully saturated rings. The zero-order chi connectivity index (χ0) is 12.2. The van der Waals surface area contributed by atoms with Crippen LogP contribution in [0.25, 0.3) is 0 Å². The maximum absolute atomic E-state index is 12.0. The summed E-state index contributed by atoms with van der Waals surface area (Å²) in [6.45, 7) is 0. The summed E-state index contributed by atoms with van der Waals surface area (Å²) >= 11 is 0. The molecular weight excluding hydrogens is 315 g/mol. The van der Waals surface area contributed by atoms with Crippen molar-refractivity contribution < 1.29 is 69.7 Å². The predicted octanol–water partition coefficient (Wildman–Crippen LogP) is -1.57. The van der Waals surface area contributed by atoms with E-state index in [0.29, 0.717) is 0 Å². The van der Waals surface area contributed by atoms with E-state index in [-0.39, 0.29) is 38.8 Å².